The zero-order valence-electron chi connectivity index (χ0n) is 16.2. The van der Waals surface area contributed by atoms with Crippen LogP contribution in [0.15, 0.2) is 47.4 Å². The number of aryl methyl sites for hydroxylation is 1. The van der Waals surface area contributed by atoms with Crippen molar-refractivity contribution in [2.24, 2.45) is 5.14 Å². The zero-order valence-corrected chi connectivity index (χ0v) is 17.0. The maximum atomic E-state index is 12.3. The second-order valence-corrected chi connectivity index (χ2v) is 8.66. The van der Waals surface area contributed by atoms with Gasteiger partial charge in [-0.15, -0.1) is 0 Å². The maximum absolute atomic E-state index is 12.3. The molecule has 1 amide bonds. The van der Waals surface area contributed by atoms with E-state index in [1.165, 1.54) is 28.9 Å². The van der Waals surface area contributed by atoms with E-state index in [0.717, 1.165) is 26.2 Å². The molecule has 150 valence electrons. The van der Waals surface area contributed by atoms with E-state index in [0.29, 0.717) is 5.69 Å². The highest BCUT2D eigenvalue weighted by molar-refractivity contribution is 7.89. The number of sulfonamides is 1. The molecular weight excluding hydrogens is 376 g/mol. The molecule has 1 aliphatic heterocycles. The van der Waals surface area contributed by atoms with Gasteiger partial charge in [0.1, 0.15) is 0 Å². The van der Waals surface area contributed by atoms with E-state index in [9.17, 15) is 13.2 Å². The third-order valence-electron chi connectivity index (χ3n) is 5.10. The summed E-state index contributed by atoms with van der Waals surface area (Å²) in [6.07, 6.45) is 0. The molecule has 3 rings (SSSR count). The van der Waals surface area contributed by atoms with Gasteiger partial charge in [0.05, 0.1) is 11.4 Å². The highest BCUT2D eigenvalue weighted by atomic mass is 32.2. The number of nitrogens with two attached hydrogens (primary N) is 1. The number of primary sulfonamides is 1. The number of hydrogen-bond donors (Lipinski definition) is 2. The fourth-order valence-corrected chi connectivity index (χ4v) is 3.94. The van der Waals surface area contributed by atoms with Crippen LogP contribution in [-0.4, -0.2) is 51.9 Å². The lowest BCUT2D eigenvalue weighted by Crippen LogP contribution is -2.48. The van der Waals surface area contributed by atoms with Gasteiger partial charge in [-0.2, -0.15) is 0 Å². The van der Waals surface area contributed by atoms with Gasteiger partial charge < -0.3 is 10.2 Å². The van der Waals surface area contributed by atoms with Crippen LogP contribution in [0.2, 0.25) is 0 Å². The zero-order chi connectivity index (χ0) is 20.3. The molecule has 0 atom stereocenters. The number of nitrogens with one attached hydrogen (secondary N) is 1. The van der Waals surface area contributed by atoms with Crippen LogP contribution in [0.3, 0.4) is 0 Å². The second kappa shape index (κ2) is 8.30. The first kappa shape index (κ1) is 20.3. The molecule has 2 aromatic rings. The van der Waals surface area contributed by atoms with Gasteiger partial charge in [-0.05, 0) is 49.2 Å². The number of nitrogens with zero attached hydrogens (tertiary/aromatic N) is 2. The van der Waals surface area contributed by atoms with Crippen LogP contribution < -0.4 is 15.4 Å². The van der Waals surface area contributed by atoms with Crippen LogP contribution >= 0.6 is 0 Å². The molecule has 0 bridgehead atoms. The van der Waals surface area contributed by atoms with Gasteiger partial charge in [0.15, 0.2) is 0 Å². The molecule has 7 nitrogen and oxygen atoms in total. The van der Waals surface area contributed by atoms with Crippen molar-refractivity contribution in [2.45, 2.75) is 18.7 Å². The lowest BCUT2D eigenvalue weighted by Gasteiger charge is -2.36. The minimum atomic E-state index is -3.79. The van der Waals surface area contributed by atoms with Crippen molar-refractivity contribution in [1.82, 2.24) is 4.90 Å². The van der Waals surface area contributed by atoms with Gasteiger partial charge in [-0.3, -0.25) is 9.69 Å². The van der Waals surface area contributed by atoms with E-state index in [2.05, 4.69) is 47.2 Å². The summed E-state index contributed by atoms with van der Waals surface area (Å²) in [4.78, 5) is 16.8. The predicted molar refractivity (Wildman–Crippen MR) is 111 cm³/mol. The number of rotatable bonds is 5. The molecule has 1 saturated heterocycles. The average Bonchev–Trinajstić information content (AvgIpc) is 2.64. The SMILES string of the molecule is Cc1cccc(N2CCN(CC(=O)Nc3cccc(S(N)(=O)=O)c3)CC2)c1C. The number of benzene rings is 2. The van der Waals surface area contributed by atoms with Crippen LogP contribution in [0, 0.1) is 13.8 Å². The van der Waals surface area contributed by atoms with Crippen LogP contribution in [0.1, 0.15) is 11.1 Å². The van der Waals surface area contributed by atoms with Crippen molar-refractivity contribution >= 4 is 27.3 Å². The first-order chi connectivity index (χ1) is 13.2. The Bertz CT molecular complexity index is 967. The molecule has 1 fully saturated rings. The fourth-order valence-electron chi connectivity index (χ4n) is 3.38. The van der Waals surface area contributed by atoms with Crippen molar-refractivity contribution in [1.29, 1.82) is 0 Å². The van der Waals surface area contributed by atoms with E-state index >= 15 is 0 Å². The predicted octanol–water partition coefficient (Wildman–Crippen LogP) is 1.71. The third kappa shape index (κ3) is 4.89. The molecule has 0 aliphatic carbocycles. The third-order valence-corrected chi connectivity index (χ3v) is 6.01. The number of anilines is 2. The van der Waals surface area contributed by atoms with Crippen molar-refractivity contribution < 1.29 is 13.2 Å². The summed E-state index contributed by atoms with van der Waals surface area (Å²) in [5.41, 5.74) is 4.25. The lowest BCUT2D eigenvalue weighted by molar-refractivity contribution is -0.117. The standard InChI is InChI=1S/C20H26N4O3S/c1-15-5-3-8-19(16(15)2)24-11-9-23(10-12-24)14-20(25)22-17-6-4-7-18(13-17)28(21,26)27/h3-8,13H,9-12,14H2,1-2H3,(H,22,25)(H2,21,26,27). The molecule has 0 radical (unpaired) electrons. The van der Waals surface area contributed by atoms with Crippen LogP contribution in [0.25, 0.3) is 0 Å². The summed E-state index contributed by atoms with van der Waals surface area (Å²) >= 11 is 0. The number of piperazine rings is 1. The Balaban J connectivity index is 1.55. The molecule has 28 heavy (non-hydrogen) atoms. The highest BCUT2D eigenvalue weighted by Crippen LogP contribution is 2.23. The first-order valence-electron chi connectivity index (χ1n) is 9.20. The number of hydrogen-bond acceptors (Lipinski definition) is 5. The Morgan fingerprint density at radius 2 is 1.75 bits per heavy atom. The summed E-state index contributed by atoms with van der Waals surface area (Å²) < 4.78 is 22.9. The van der Waals surface area contributed by atoms with Crippen LogP contribution in [0.5, 0.6) is 0 Å². The Morgan fingerprint density at radius 3 is 2.43 bits per heavy atom. The van der Waals surface area contributed by atoms with E-state index in [1.54, 1.807) is 12.1 Å². The van der Waals surface area contributed by atoms with E-state index in [4.69, 9.17) is 5.14 Å². The lowest BCUT2D eigenvalue weighted by atomic mass is 10.1. The average molecular weight is 403 g/mol. The van der Waals surface area contributed by atoms with Gasteiger partial charge in [-0.25, -0.2) is 13.6 Å². The fraction of sp³-hybridized carbons (Fsp3) is 0.350. The maximum Gasteiger partial charge on any atom is 0.238 e. The molecule has 3 N–H and O–H groups in total. The molecule has 2 aromatic carbocycles. The first-order valence-corrected chi connectivity index (χ1v) is 10.7. The minimum absolute atomic E-state index is 0.0209. The highest BCUT2D eigenvalue weighted by Gasteiger charge is 2.20. The van der Waals surface area contributed by atoms with Gasteiger partial charge in [-0.1, -0.05) is 18.2 Å². The number of carbonyl (C=O) groups excluding carboxylic acids is 1. The summed E-state index contributed by atoms with van der Waals surface area (Å²) in [5, 5.41) is 7.88. The van der Waals surface area contributed by atoms with E-state index in [-0.39, 0.29) is 17.3 Å². The van der Waals surface area contributed by atoms with Crippen LogP contribution in [0.4, 0.5) is 11.4 Å². The van der Waals surface area contributed by atoms with Gasteiger partial charge in [0.2, 0.25) is 15.9 Å². The number of carbonyl (C=O) groups is 1. The molecule has 1 heterocycles. The second-order valence-electron chi connectivity index (χ2n) is 7.10. The summed E-state index contributed by atoms with van der Waals surface area (Å²) in [7, 11) is -3.79. The summed E-state index contributed by atoms with van der Waals surface area (Å²) in [6, 6.07) is 12.3. The Labute approximate surface area is 166 Å². The monoisotopic (exact) mass is 402 g/mol. The summed E-state index contributed by atoms with van der Waals surface area (Å²) in [5.74, 6) is -0.174. The van der Waals surface area contributed by atoms with Crippen molar-refractivity contribution in [3.05, 3.63) is 53.6 Å². The normalized spacial score (nSPS) is 15.5. The van der Waals surface area contributed by atoms with E-state index in [1.807, 2.05) is 0 Å². The molecule has 0 aromatic heterocycles. The smallest absolute Gasteiger partial charge is 0.238 e. The number of amides is 1. The van der Waals surface area contributed by atoms with Crippen molar-refractivity contribution in [3.63, 3.8) is 0 Å². The largest absolute Gasteiger partial charge is 0.369 e. The molecule has 1 aliphatic rings. The molecular formula is C20H26N4O3S. The van der Waals surface area contributed by atoms with Crippen molar-refractivity contribution in [3.8, 4) is 0 Å². The van der Waals surface area contributed by atoms with Gasteiger partial charge in [0.25, 0.3) is 0 Å². The molecule has 0 spiro atoms. The Kier molecular flexibility index (Phi) is 6.02. The molecule has 0 saturated carbocycles. The topological polar surface area (TPSA) is 95.7 Å². The van der Waals surface area contributed by atoms with Crippen LogP contribution in [-0.2, 0) is 14.8 Å². The summed E-state index contributed by atoms with van der Waals surface area (Å²) in [6.45, 7) is 7.82. The minimum Gasteiger partial charge on any atom is -0.369 e. The molecule has 8 heteroatoms. The quantitative estimate of drug-likeness (QED) is 0.794. The molecule has 0 unspecified atom stereocenters. The van der Waals surface area contributed by atoms with Gasteiger partial charge in [0, 0.05) is 37.6 Å². The van der Waals surface area contributed by atoms with Crippen molar-refractivity contribution in [2.75, 3.05) is 42.9 Å². The Hall–Kier alpha value is -2.42. The van der Waals surface area contributed by atoms with Gasteiger partial charge >= 0.3 is 0 Å². The Morgan fingerprint density at radius 1 is 1.07 bits per heavy atom. The van der Waals surface area contributed by atoms with E-state index < -0.39 is 10.0 Å².